The summed E-state index contributed by atoms with van der Waals surface area (Å²) in [5, 5.41) is 4.20. The van der Waals surface area contributed by atoms with Crippen LogP contribution >= 0.6 is 11.3 Å². The van der Waals surface area contributed by atoms with Crippen molar-refractivity contribution in [2.45, 2.75) is 26.4 Å². The van der Waals surface area contributed by atoms with Crippen LogP contribution < -0.4 is 4.74 Å². The van der Waals surface area contributed by atoms with E-state index in [0.29, 0.717) is 12.5 Å². The lowest BCUT2D eigenvalue weighted by molar-refractivity contribution is 0.302. The van der Waals surface area contributed by atoms with Gasteiger partial charge in [0.2, 0.25) is 0 Å². The highest BCUT2D eigenvalue weighted by Crippen LogP contribution is 2.26. The third kappa shape index (κ3) is 2.64. The van der Waals surface area contributed by atoms with Crippen LogP contribution in [-0.4, -0.2) is 0 Å². The normalized spacial score (nSPS) is 10.7. The number of para-hydroxylation sites is 1. The first-order valence-corrected chi connectivity index (χ1v) is 6.44. The van der Waals surface area contributed by atoms with Crippen molar-refractivity contribution < 1.29 is 4.74 Å². The molecule has 0 N–H and O–H groups in total. The van der Waals surface area contributed by atoms with E-state index in [1.807, 2.05) is 12.1 Å². The highest BCUT2D eigenvalue weighted by molar-refractivity contribution is 7.07. The molecule has 0 amide bonds. The zero-order chi connectivity index (χ0) is 11.4. The van der Waals surface area contributed by atoms with Crippen LogP contribution in [0.3, 0.4) is 0 Å². The molecule has 0 aliphatic rings. The molecular weight excluding hydrogens is 216 g/mol. The van der Waals surface area contributed by atoms with Crippen LogP contribution in [0.4, 0.5) is 0 Å². The fourth-order valence-corrected chi connectivity index (χ4v) is 2.28. The Bertz CT molecular complexity index is 432. The second kappa shape index (κ2) is 5.17. The van der Waals surface area contributed by atoms with Crippen molar-refractivity contribution in [3.63, 3.8) is 0 Å². The van der Waals surface area contributed by atoms with Gasteiger partial charge in [0.25, 0.3) is 0 Å². The minimum absolute atomic E-state index is 0.499. The van der Waals surface area contributed by atoms with Gasteiger partial charge in [-0.05, 0) is 39.9 Å². The maximum absolute atomic E-state index is 5.85. The van der Waals surface area contributed by atoms with Crippen LogP contribution in [0.1, 0.15) is 30.9 Å². The Labute approximate surface area is 101 Å². The monoisotopic (exact) mass is 232 g/mol. The van der Waals surface area contributed by atoms with Gasteiger partial charge in [-0.3, -0.25) is 0 Å². The summed E-state index contributed by atoms with van der Waals surface area (Å²) in [6, 6.07) is 10.4. The molecule has 1 heterocycles. The Kier molecular flexibility index (Phi) is 3.62. The van der Waals surface area contributed by atoms with Gasteiger partial charge < -0.3 is 4.74 Å². The molecule has 2 rings (SSSR count). The number of hydrogen-bond donors (Lipinski definition) is 0. The molecule has 2 aromatic rings. The summed E-state index contributed by atoms with van der Waals surface area (Å²) in [6.45, 7) is 5.03. The Morgan fingerprint density at radius 3 is 2.69 bits per heavy atom. The van der Waals surface area contributed by atoms with E-state index in [1.54, 1.807) is 11.3 Å². The van der Waals surface area contributed by atoms with Crippen LogP contribution in [0.25, 0.3) is 0 Å². The van der Waals surface area contributed by atoms with Crippen molar-refractivity contribution >= 4 is 11.3 Å². The fourth-order valence-electron chi connectivity index (χ4n) is 1.62. The first kappa shape index (κ1) is 11.2. The number of rotatable bonds is 4. The zero-order valence-electron chi connectivity index (χ0n) is 9.64. The Hall–Kier alpha value is -1.28. The molecule has 0 saturated heterocycles. The highest BCUT2D eigenvalue weighted by Gasteiger charge is 2.06. The molecule has 0 bridgehead atoms. The average molecular weight is 232 g/mol. The Morgan fingerprint density at radius 1 is 1.19 bits per heavy atom. The van der Waals surface area contributed by atoms with Crippen LogP contribution in [-0.2, 0) is 6.61 Å². The molecule has 0 fully saturated rings. The Balaban J connectivity index is 2.09. The van der Waals surface area contributed by atoms with Gasteiger partial charge in [0.05, 0.1) is 0 Å². The largest absolute Gasteiger partial charge is 0.489 e. The standard InChI is InChI=1S/C14H16OS/c1-11(2)13-5-3-4-6-14(13)15-9-12-7-8-16-10-12/h3-8,10-11H,9H2,1-2H3. The van der Waals surface area contributed by atoms with E-state index in [4.69, 9.17) is 4.74 Å². The van der Waals surface area contributed by atoms with Crippen molar-refractivity contribution in [3.05, 3.63) is 52.2 Å². The first-order chi connectivity index (χ1) is 7.77. The fraction of sp³-hybridized carbons (Fsp3) is 0.286. The predicted molar refractivity (Wildman–Crippen MR) is 69.2 cm³/mol. The van der Waals surface area contributed by atoms with Crippen LogP contribution in [0.5, 0.6) is 5.75 Å². The van der Waals surface area contributed by atoms with Gasteiger partial charge in [0, 0.05) is 0 Å². The lowest BCUT2D eigenvalue weighted by Gasteiger charge is -2.13. The average Bonchev–Trinajstić information content (AvgIpc) is 2.79. The Morgan fingerprint density at radius 2 is 2.00 bits per heavy atom. The van der Waals surface area contributed by atoms with Gasteiger partial charge >= 0.3 is 0 Å². The molecule has 0 atom stereocenters. The SMILES string of the molecule is CC(C)c1ccccc1OCc1ccsc1. The van der Waals surface area contributed by atoms with Gasteiger partial charge in [0.15, 0.2) is 0 Å². The van der Waals surface area contributed by atoms with Crippen molar-refractivity contribution in [1.29, 1.82) is 0 Å². The summed E-state index contributed by atoms with van der Waals surface area (Å²) < 4.78 is 5.85. The molecule has 0 radical (unpaired) electrons. The summed E-state index contributed by atoms with van der Waals surface area (Å²) in [5.74, 6) is 1.50. The molecular formula is C14H16OS. The molecule has 0 spiro atoms. The number of hydrogen-bond acceptors (Lipinski definition) is 2. The number of ether oxygens (including phenoxy) is 1. The maximum Gasteiger partial charge on any atom is 0.123 e. The van der Waals surface area contributed by atoms with Crippen molar-refractivity contribution in [1.82, 2.24) is 0 Å². The molecule has 84 valence electrons. The second-order valence-corrected chi connectivity index (χ2v) is 4.89. The molecule has 2 heteroatoms. The molecule has 0 aliphatic heterocycles. The van der Waals surface area contributed by atoms with Gasteiger partial charge in [0.1, 0.15) is 12.4 Å². The summed E-state index contributed by atoms with van der Waals surface area (Å²) in [6.07, 6.45) is 0. The number of benzene rings is 1. The van der Waals surface area contributed by atoms with Gasteiger partial charge in [-0.1, -0.05) is 32.0 Å². The molecule has 1 nitrogen and oxygen atoms in total. The zero-order valence-corrected chi connectivity index (χ0v) is 10.5. The predicted octanol–water partition coefficient (Wildman–Crippen LogP) is 4.45. The maximum atomic E-state index is 5.85. The summed E-state index contributed by atoms with van der Waals surface area (Å²) in [5.41, 5.74) is 2.52. The molecule has 0 aliphatic carbocycles. The lowest BCUT2D eigenvalue weighted by Crippen LogP contribution is -1.98. The minimum Gasteiger partial charge on any atom is -0.489 e. The summed E-state index contributed by atoms with van der Waals surface area (Å²) >= 11 is 1.71. The van der Waals surface area contributed by atoms with Crippen LogP contribution in [0.15, 0.2) is 41.1 Å². The van der Waals surface area contributed by atoms with Gasteiger partial charge in [-0.15, -0.1) is 0 Å². The third-order valence-corrected chi connectivity index (χ3v) is 3.25. The molecule has 0 unspecified atom stereocenters. The highest BCUT2D eigenvalue weighted by atomic mass is 32.1. The first-order valence-electron chi connectivity index (χ1n) is 5.50. The summed E-state index contributed by atoms with van der Waals surface area (Å²) in [4.78, 5) is 0. The van der Waals surface area contributed by atoms with E-state index < -0.39 is 0 Å². The van der Waals surface area contributed by atoms with Crippen molar-refractivity contribution in [3.8, 4) is 5.75 Å². The van der Waals surface area contributed by atoms with Crippen LogP contribution in [0, 0.1) is 0 Å². The quantitative estimate of drug-likeness (QED) is 0.756. The lowest BCUT2D eigenvalue weighted by atomic mass is 10.0. The summed E-state index contributed by atoms with van der Waals surface area (Å²) in [7, 11) is 0. The van der Waals surface area contributed by atoms with Crippen molar-refractivity contribution in [2.75, 3.05) is 0 Å². The topological polar surface area (TPSA) is 9.23 Å². The molecule has 16 heavy (non-hydrogen) atoms. The van der Waals surface area contributed by atoms with E-state index in [1.165, 1.54) is 11.1 Å². The smallest absolute Gasteiger partial charge is 0.123 e. The van der Waals surface area contributed by atoms with Crippen LogP contribution in [0.2, 0.25) is 0 Å². The molecule has 1 aromatic heterocycles. The van der Waals surface area contributed by atoms with Gasteiger partial charge in [-0.2, -0.15) is 11.3 Å². The van der Waals surface area contributed by atoms with E-state index in [9.17, 15) is 0 Å². The van der Waals surface area contributed by atoms with Crippen molar-refractivity contribution in [2.24, 2.45) is 0 Å². The third-order valence-electron chi connectivity index (χ3n) is 2.52. The minimum atomic E-state index is 0.499. The van der Waals surface area contributed by atoms with E-state index in [0.717, 1.165) is 5.75 Å². The van der Waals surface area contributed by atoms with E-state index in [-0.39, 0.29) is 0 Å². The van der Waals surface area contributed by atoms with E-state index >= 15 is 0 Å². The molecule has 0 saturated carbocycles. The second-order valence-electron chi connectivity index (χ2n) is 4.11. The van der Waals surface area contributed by atoms with Gasteiger partial charge in [-0.25, -0.2) is 0 Å². The number of thiophene rings is 1. The van der Waals surface area contributed by atoms with E-state index in [2.05, 4.69) is 42.8 Å². The molecule has 1 aromatic carbocycles.